The second-order valence-electron chi connectivity index (χ2n) is 5.39. The molecule has 1 unspecified atom stereocenters. The molecule has 2 aliphatic rings. The lowest BCUT2D eigenvalue weighted by atomic mass is 10.1. The molecular formula is C15H22N2O2. The smallest absolute Gasteiger partial charge is 0.0755 e. The second-order valence-corrected chi connectivity index (χ2v) is 5.39. The molecule has 1 saturated heterocycles. The van der Waals surface area contributed by atoms with E-state index in [1.54, 1.807) is 0 Å². The van der Waals surface area contributed by atoms with Crippen LogP contribution in [-0.2, 0) is 11.3 Å². The van der Waals surface area contributed by atoms with Gasteiger partial charge in [0.15, 0.2) is 0 Å². The van der Waals surface area contributed by atoms with Crippen molar-refractivity contribution in [2.45, 2.75) is 31.5 Å². The molecule has 4 heteroatoms. The van der Waals surface area contributed by atoms with E-state index in [9.17, 15) is 5.11 Å². The topological polar surface area (TPSA) is 44.7 Å². The maximum atomic E-state index is 9.50. The van der Waals surface area contributed by atoms with E-state index in [0.29, 0.717) is 12.6 Å². The Labute approximate surface area is 114 Å². The van der Waals surface area contributed by atoms with Crippen LogP contribution < -0.4 is 10.2 Å². The summed E-state index contributed by atoms with van der Waals surface area (Å²) in [5, 5.41) is 13.1. The van der Waals surface area contributed by atoms with Crippen LogP contribution >= 0.6 is 0 Å². The largest absolute Gasteiger partial charge is 0.394 e. The summed E-state index contributed by atoms with van der Waals surface area (Å²) >= 11 is 0. The predicted octanol–water partition coefficient (Wildman–Crippen LogP) is 1.14. The van der Waals surface area contributed by atoms with Crippen molar-refractivity contribution < 1.29 is 9.84 Å². The van der Waals surface area contributed by atoms with Crippen LogP contribution in [0.3, 0.4) is 0 Å². The predicted molar refractivity (Wildman–Crippen MR) is 75.3 cm³/mol. The molecule has 104 valence electrons. The van der Waals surface area contributed by atoms with Gasteiger partial charge >= 0.3 is 0 Å². The number of rotatable bonds is 5. The molecule has 0 amide bonds. The molecular weight excluding hydrogens is 240 g/mol. The minimum Gasteiger partial charge on any atom is -0.394 e. The zero-order chi connectivity index (χ0) is 13.1. The van der Waals surface area contributed by atoms with Crippen molar-refractivity contribution in [3.05, 3.63) is 29.8 Å². The van der Waals surface area contributed by atoms with E-state index in [0.717, 1.165) is 19.7 Å². The highest BCUT2D eigenvalue weighted by Crippen LogP contribution is 2.26. The van der Waals surface area contributed by atoms with E-state index in [-0.39, 0.29) is 12.6 Å². The lowest BCUT2D eigenvalue weighted by molar-refractivity contribution is 0.0726. The Morgan fingerprint density at radius 2 is 2.16 bits per heavy atom. The van der Waals surface area contributed by atoms with Crippen LogP contribution in [0, 0.1) is 0 Å². The van der Waals surface area contributed by atoms with Gasteiger partial charge in [-0.1, -0.05) is 18.2 Å². The van der Waals surface area contributed by atoms with Gasteiger partial charge in [0.1, 0.15) is 0 Å². The van der Waals surface area contributed by atoms with Crippen molar-refractivity contribution in [1.29, 1.82) is 0 Å². The number of ether oxygens (including phenoxy) is 1. The number of hydrogen-bond donors (Lipinski definition) is 2. The van der Waals surface area contributed by atoms with Crippen molar-refractivity contribution >= 4 is 5.69 Å². The Hall–Kier alpha value is -1.10. The third-order valence-electron chi connectivity index (χ3n) is 3.90. The number of anilines is 1. The number of nitrogens with zero attached hydrogens (tertiary/aromatic N) is 1. The van der Waals surface area contributed by atoms with E-state index in [1.807, 2.05) is 0 Å². The van der Waals surface area contributed by atoms with Crippen molar-refractivity contribution in [3.8, 4) is 0 Å². The Kier molecular flexibility index (Phi) is 4.01. The Balaban J connectivity index is 1.76. The molecule has 0 spiro atoms. The van der Waals surface area contributed by atoms with Crippen molar-refractivity contribution in [2.24, 2.45) is 0 Å². The Bertz CT molecular complexity index is 420. The fourth-order valence-electron chi connectivity index (χ4n) is 2.61. The van der Waals surface area contributed by atoms with Gasteiger partial charge in [0.2, 0.25) is 0 Å². The van der Waals surface area contributed by atoms with E-state index >= 15 is 0 Å². The first-order valence-corrected chi connectivity index (χ1v) is 7.15. The van der Waals surface area contributed by atoms with Gasteiger partial charge in [0.25, 0.3) is 0 Å². The number of para-hydroxylation sites is 1. The summed E-state index contributed by atoms with van der Waals surface area (Å²) in [5.74, 6) is 0. The van der Waals surface area contributed by atoms with Gasteiger partial charge in [0.05, 0.1) is 25.9 Å². The second kappa shape index (κ2) is 5.90. The molecule has 4 nitrogen and oxygen atoms in total. The van der Waals surface area contributed by atoms with Crippen LogP contribution in [0.5, 0.6) is 0 Å². The third kappa shape index (κ3) is 3.08. The average molecular weight is 262 g/mol. The number of benzene rings is 1. The fraction of sp³-hybridized carbons (Fsp3) is 0.600. The average Bonchev–Trinajstić information content (AvgIpc) is 3.29. The molecule has 1 aliphatic carbocycles. The standard InChI is InChI=1S/C15H22N2O2/c18-10-14-11-19-8-7-17(14)15-4-2-1-3-12(15)9-16-13-5-6-13/h1-4,13-14,16,18H,5-11H2. The Morgan fingerprint density at radius 1 is 1.32 bits per heavy atom. The van der Waals surface area contributed by atoms with E-state index in [4.69, 9.17) is 4.74 Å². The molecule has 1 atom stereocenters. The van der Waals surface area contributed by atoms with Gasteiger partial charge in [-0.25, -0.2) is 0 Å². The van der Waals surface area contributed by atoms with Crippen molar-refractivity contribution in [2.75, 3.05) is 31.3 Å². The van der Waals surface area contributed by atoms with Crippen LogP contribution in [0.1, 0.15) is 18.4 Å². The summed E-state index contributed by atoms with van der Waals surface area (Å²) in [7, 11) is 0. The highest BCUT2D eigenvalue weighted by Gasteiger charge is 2.25. The lowest BCUT2D eigenvalue weighted by Gasteiger charge is -2.37. The molecule has 1 heterocycles. The van der Waals surface area contributed by atoms with E-state index in [2.05, 4.69) is 34.5 Å². The quantitative estimate of drug-likeness (QED) is 0.835. The van der Waals surface area contributed by atoms with Crippen molar-refractivity contribution in [3.63, 3.8) is 0 Å². The summed E-state index contributed by atoms with van der Waals surface area (Å²) in [6, 6.07) is 9.27. The minimum atomic E-state index is 0.0795. The SMILES string of the molecule is OCC1COCCN1c1ccccc1CNC1CC1. The molecule has 2 N–H and O–H groups in total. The highest BCUT2D eigenvalue weighted by atomic mass is 16.5. The maximum Gasteiger partial charge on any atom is 0.0755 e. The monoisotopic (exact) mass is 262 g/mol. The molecule has 1 saturated carbocycles. The summed E-state index contributed by atoms with van der Waals surface area (Å²) in [6.07, 6.45) is 2.61. The van der Waals surface area contributed by atoms with Gasteiger partial charge in [-0.2, -0.15) is 0 Å². The number of aliphatic hydroxyl groups is 1. The molecule has 19 heavy (non-hydrogen) atoms. The first kappa shape index (κ1) is 12.9. The molecule has 2 fully saturated rings. The zero-order valence-corrected chi connectivity index (χ0v) is 11.2. The Morgan fingerprint density at radius 3 is 2.95 bits per heavy atom. The fourth-order valence-corrected chi connectivity index (χ4v) is 2.61. The number of nitrogens with one attached hydrogen (secondary N) is 1. The van der Waals surface area contributed by atoms with Crippen LogP contribution in [-0.4, -0.2) is 43.6 Å². The lowest BCUT2D eigenvalue weighted by Crippen LogP contribution is -2.48. The normalized spacial score (nSPS) is 23.6. The highest BCUT2D eigenvalue weighted by molar-refractivity contribution is 5.55. The van der Waals surface area contributed by atoms with E-state index < -0.39 is 0 Å². The van der Waals surface area contributed by atoms with Crippen LogP contribution in [0.4, 0.5) is 5.69 Å². The third-order valence-corrected chi connectivity index (χ3v) is 3.90. The molecule has 1 aromatic rings. The molecule has 0 bridgehead atoms. The van der Waals surface area contributed by atoms with Crippen LogP contribution in [0.2, 0.25) is 0 Å². The maximum absolute atomic E-state index is 9.50. The van der Waals surface area contributed by atoms with Gasteiger partial charge in [-0.15, -0.1) is 0 Å². The summed E-state index contributed by atoms with van der Waals surface area (Å²) in [5.41, 5.74) is 2.55. The van der Waals surface area contributed by atoms with Crippen molar-refractivity contribution in [1.82, 2.24) is 5.32 Å². The summed E-state index contributed by atoms with van der Waals surface area (Å²) < 4.78 is 5.46. The minimum absolute atomic E-state index is 0.0795. The molecule has 0 radical (unpaired) electrons. The number of aliphatic hydroxyl groups excluding tert-OH is 1. The molecule has 1 aliphatic heterocycles. The van der Waals surface area contributed by atoms with Crippen LogP contribution in [0.25, 0.3) is 0 Å². The summed E-state index contributed by atoms with van der Waals surface area (Å²) in [4.78, 5) is 2.29. The summed E-state index contributed by atoms with van der Waals surface area (Å²) in [6.45, 7) is 3.26. The van der Waals surface area contributed by atoms with Gasteiger partial charge in [0, 0.05) is 24.8 Å². The van der Waals surface area contributed by atoms with Gasteiger partial charge in [-0.3, -0.25) is 0 Å². The number of hydrogen-bond acceptors (Lipinski definition) is 4. The van der Waals surface area contributed by atoms with Gasteiger partial charge in [-0.05, 0) is 24.5 Å². The first-order valence-electron chi connectivity index (χ1n) is 7.15. The number of morpholine rings is 1. The first-order chi connectivity index (χ1) is 9.38. The molecule has 0 aromatic heterocycles. The van der Waals surface area contributed by atoms with Gasteiger partial charge < -0.3 is 20.1 Å². The zero-order valence-electron chi connectivity index (χ0n) is 11.2. The molecule has 1 aromatic carbocycles. The van der Waals surface area contributed by atoms with E-state index in [1.165, 1.54) is 24.1 Å². The molecule has 3 rings (SSSR count). The van der Waals surface area contributed by atoms with Crippen LogP contribution in [0.15, 0.2) is 24.3 Å².